The number of aryl methyl sites for hydroxylation is 1. The number of nitrogens with one attached hydrogen (secondary N) is 1. The summed E-state index contributed by atoms with van der Waals surface area (Å²) < 4.78 is 29.2. The summed E-state index contributed by atoms with van der Waals surface area (Å²) in [4.78, 5) is 0.239. The van der Waals surface area contributed by atoms with Gasteiger partial charge >= 0.3 is 0 Å². The molecule has 1 N–H and O–H groups in total. The number of halogens is 1. The summed E-state index contributed by atoms with van der Waals surface area (Å²) in [6.07, 6.45) is 0.366. The summed E-state index contributed by atoms with van der Waals surface area (Å²) in [7, 11) is -3.58. The first-order valence-corrected chi connectivity index (χ1v) is 12.4. The fraction of sp³-hybridized carbons (Fsp3) is 0.190. The minimum absolute atomic E-state index is 0.195. The Labute approximate surface area is 189 Å². The van der Waals surface area contributed by atoms with E-state index in [1.807, 2.05) is 43.3 Å². The molecular weight excluding hydrogens is 454 g/mol. The molecule has 7 nitrogen and oxygen atoms in total. The van der Waals surface area contributed by atoms with Crippen LogP contribution in [0.3, 0.4) is 0 Å². The smallest absolute Gasteiger partial charge is 0.211 e. The number of sulfonamides is 1. The third kappa shape index (κ3) is 5.43. The van der Waals surface area contributed by atoms with E-state index >= 15 is 0 Å². The van der Waals surface area contributed by atoms with Crippen molar-refractivity contribution in [3.8, 4) is 0 Å². The van der Waals surface area contributed by atoms with Crippen molar-refractivity contribution in [2.45, 2.75) is 29.0 Å². The molecule has 2 aromatic heterocycles. The Morgan fingerprint density at radius 3 is 2.48 bits per heavy atom. The number of nitrogens with zero attached hydrogens (tertiary/aromatic N) is 4. The number of benzene rings is 2. The maximum absolute atomic E-state index is 12.4. The average Bonchev–Trinajstić information content (AvgIpc) is 3.16. The average molecular weight is 474 g/mol. The Bertz CT molecular complexity index is 1290. The Morgan fingerprint density at radius 1 is 1.00 bits per heavy atom. The van der Waals surface area contributed by atoms with Crippen LogP contribution >= 0.6 is 23.4 Å². The van der Waals surface area contributed by atoms with Gasteiger partial charge in [-0.3, -0.25) is 0 Å². The van der Waals surface area contributed by atoms with Crippen molar-refractivity contribution in [2.75, 3.05) is 6.54 Å². The van der Waals surface area contributed by atoms with Gasteiger partial charge in [0, 0.05) is 23.7 Å². The summed E-state index contributed by atoms with van der Waals surface area (Å²) in [5.74, 6) is 1.35. The third-order valence-electron chi connectivity index (χ3n) is 4.57. The van der Waals surface area contributed by atoms with Crippen LogP contribution in [0.2, 0.25) is 5.02 Å². The summed E-state index contributed by atoms with van der Waals surface area (Å²) in [5.41, 5.74) is 2.77. The normalized spacial score (nSPS) is 11.8. The van der Waals surface area contributed by atoms with Crippen molar-refractivity contribution in [1.29, 1.82) is 0 Å². The van der Waals surface area contributed by atoms with Gasteiger partial charge in [0.2, 0.25) is 10.0 Å². The minimum Gasteiger partial charge on any atom is -0.211 e. The second-order valence-corrected chi connectivity index (χ2v) is 10.1. The summed E-state index contributed by atoms with van der Waals surface area (Å²) >= 11 is 7.52. The highest BCUT2D eigenvalue weighted by atomic mass is 35.5. The molecule has 160 valence electrons. The summed E-state index contributed by atoms with van der Waals surface area (Å²) in [5, 5.41) is 14.4. The van der Waals surface area contributed by atoms with E-state index in [1.54, 1.807) is 40.5 Å². The monoisotopic (exact) mass is 473 g/mol. The van der Waals surface area contributed by atoms with Crippen molar-refractivity contribution in [1.82, 2.24) is 24.5 Å². The van der Waals surface area contributed by atoms with Gasteiger partial charge in [0.1, 0.15) is 5.03 Å². The minimum atomic E-state index is -3.58. The number of thioether (sulfide) groups is 1. The first-order valence-electron chi connectivity index (χ1n) is 9.56. The summed E-state index contributed by atoms with van der Waals surface area (Å²) in [6, 6.07) is 18.2. The molecule has 31 heavy (non-hydrogen) atoms. The van der Waals surface area contributed by atoms with Crippen LogP contribution in [-0.2, 0) is 22.2 Å². The number of fused-ring (bicyclic) bond motifs is 1. The lowest BCUT2D eigenvalue weighted by Crippen LogP contribution is -2.26. The summed E-state index contributed by atoms with van der Waals surface area (Å²) in [6.45, 7) is 2.11. The fourth-order valence-electron chi connectivity index (χ4n) is 2.89. The predicted molar refractivity (Wildman–Crippen MR) is 122 cm³/mol. The molecule has 0 aliphatic heterocycles. The predicted octanol–water partition coefficient (Wildman–Crippen LogP) is 3.90. The number of hydrogen-bond acceptors (Lipinski definition) is 6. The van der Waals surface area contributed by atoms with Crippen LogP contribution in [0.1, 0.15) is 17.0 Å². The Balaban J connectivity index is 1.41. The third-order valence-corrected chi connectivity index (χ3v) is 7.29. The molecule has 0 amide bonds. The molecule has 4 rings (SSSR count). The lowest BCUT2D eigenvalue weighted by atomic mass is 10.2. The molecule has 0 radical (unpaired) electrons. The number of aromatic nitrogens is 4. The molecule has 0 atom stereocenters. The van der Waals surface area contributed by atoms with E-state index in [1.165, 1.54) is 0 Å². The van der Waals surface area contributed by atoms with E-state index in [2.05, 4.69) is 20.0 Å². The van der Waals surface area contributed by atoms with Crippen LogP contribution < -0.4 is 4.72 Å². The van der Waals surface area contributed by atoms with Crippen LogP contribution in [0.15, 0.2) is 70.6 Å². The highest BCUT2D eigenvalue weighted by Crippen LogP contribution is 2.22. The van der Waals surface area contributed by atoms with Crippen molar-refractivity contribution in [2.24, 2.45) is 0 Å². The quantitative estimate of drug-likeness (QED) is 0.390. The Kier molecular flexibility index (Phi) is 6.57. The van der Waals surface area contributed by atoms with Gasteiger partial charge < -0.3 is 0 Å². The zero-order chi connectivity index (χ0) is 21.8. The molecule has 0 saturated carbocycles. The van der Waals surface area contributed by atoms with Crippen LogP contribution in [0.4, 0.5) is 0 Å². The molecule has 0 unspecified atom stereocenters. The van der Waals surface area contributed by atoms with Gasteiger partial charge in [0.25, 0.3) is 0 Å². The van der Waals surface area contributed by atoms with Crippen molar-refractivity contribution in [3.63, 3.8) is 0 Å². The van der Waals surface area contributed by atoms with Crippen molar-refractivity contribution < 1.29 is 8.42 Å². The first-order chi connectivity index (χ1) is 14.9. The molecule has 10 heteroatoms. The van der Waals surface area contributed by atoms with E-state index in [0.29, 0.717) is 22.9 Å². The van der Waals surface area contributed by atoms with E-state index in [4.69, 9.17) is 11.6 Å². The molecular formula is C21H20ClN5O2S2. The topological polar surface area (TPSA) is 89.2 Å². The number of hydrogen-bond donors (Lipinski definition) is 1. The first kappa shape index (κ1) is 21.8. The van der Waals surface area contributed by atoms with Gasteiger partial charge in [-0.15, -0.1) is 10.2 Å². The molecule has 0 fully saturated rings. The molecule has 0 aliphatic carbocycles. The van der Waals surface area contributed by atoms with Gasteiger partial charge in [0.15, 0.2) is 11.5 Å². The maximum Gasteiger partial charge on any atom is 0.240 e. The molecule has 0 saturated heterocycles. The number of rotatable bonds is 8. The Morgan fingerprint density at radius 2 is 1.74 bits per heavy atom. The van der Waals surface area contributed by atoms with Crippen molar-refractivity contribution >= 4 is 39.0 Å². The maximum atomic E-state index is 12.4. The lowest BCUT2D eigenvalue weighted by Gasteiger charge is -2.07. The lowest BCUT2D eigenvalue weighted by molar-refractivity contribution is 0.580. The molecule has 0 bridgehead atoms. The highest BCUT2D eigenvalue weighted by Gasteiger charge is 2.14. The highest BCUT2D eigenvalue weighted by molar-refractivity contribution is 7.98. The second-order valence-electron chi connectivity index (χ2n) is 6.93. The van der Waals surface area contributed by atoms with E-state index < -0.39 is 10.0 Å². The van der Waals surface area contributed by atoms with E-state index in [-0.39, 0.29) is 11.4 Å². The van der Waals surface area contributed by atoms with Gasteiger partial charge in [-0.1, -0.05) is 53.2 Å². The molecule has 2 heterocycles. The Hall–Kier alpha value is -2.46. The molecule has 0 aliphatic rings. The van der Waals surface area contributed by atoms with Crippen LogP contribution in [-0.4, -0.2) is 34.8 Å². The zero-order valence-corrected chi connectivity index (χ0v) is 19.1. The largest absolute Gasteiger partial charge is 0.240 e. The van der Waals surface area contributed by atoms with E-state index in [9.17, 15) is 8.42 Å². The zero-order valence-electron chi connectivity index (χ0n) is 16.7. The van der Waals surface area contributed by atoms with Crippen LogP contribution in [0, 0.1) is 6.92 Å². The molecule has 0 spiro atoms. The fourth-order valence-corrected chi connectivity index (χ4v) is 4.85. The van der Waals surface area contributed by atoms with Crippen LogP contribution in [0.25, 0.3) is 5.65 Å². The molecule has 2 aromatic carbocycles. The second kappa shape index (κ2) is 9.35. The van der Waals surface area contributed by atoms with Crippen LogP contribution in [0.5, 0.6) is 0 Å². The van der Waals surface area contributed by atoms with Crippen molar-refractivity contribution in [3.05, 3.63) is 82.6 Å². The molecule has 4 aromatic rings. The van der Waals surface area contributed by atoms with Gasteiger partial charge in [-0.25, -0.2) is 13.1 Å². The van der Waals surface area contributed by atoms with Gasteiger partial charge in [-0.05, 0) is 48.9 Å². The van der Waals surface area contributed by atoms with Gasteiger partial charge in [-0.2, -0.15) is 9.61 Å². The standard InChI is InChI=1S/C21H20ClN5O2S2/c1-15-2-8-18(9-3-15)31(28,29)23-13-12-20-25-24-19-10-11-21(26-27(19)20)30-14-16-4-6-17(22)7-5-16/h2-11,23H,12-14H2,1H3. The van der Waals surface area contributed by atoms with Gasteiger partial charge in [0.05, 0.1) is 4.90 Å². The van der Waals surface area contributed by atoms with E-state index in [0.717, 1.165) is 21.9 Å². The SMILES string of the molecule is Cc1ccc(S(=O)(=O)NCCc2nnc3ccc(SCc4ccc(Cl)cc4)nn23)cc1.